The molecule has 0 aliphatic heterocycles. The summed E-state index contributed by atoms with van der Waals surface area (Å²) in [6.45, 7) is 20.1. The first kappa shape index (κ1) is 35.6. The Morgan fingerprint density at radius 2 is 1.95 bits per heavy atom. The third kappa shape index (κ3) is 9.81. The Balaban J connectivity index is 2.12. The molecule has 5 nitrogen and oxygen atoms in total. The molecule has 0 spiro atoms. The van der Waals surface area contributed by atoms with Crippen molar-refractivity contribution in [3.05, 3.63) is 87.5 Å². The molecule has 0 heterocycles. The highest BCUT2D eigenvalue weighted by Crippen LogP contribution is 2.41. The van der Waals surface area contributed by atoms with Crippen molar-refractivity contribution in [2.75, 3.05) is 26.7 Å². The number of nitrogens with zero attached hydrogens (tertiary/aromatic N) is 2. The Bertz CT molecular complexity index is 1360. The molecule has 0 aromatic heterocycles. The molecule has 44 heavy (non-hydrogen) atoms. The van der Waals surface area contributed by atoms with Gasteiger partial charge in [0.1, 0.15) is 5.60 Å². The molecule has 0 saturated heterocycles. The molecule has 0 radical (unpaired) electrons. The maximum atomic E-state index is 13.2. The van der Waals surface area contributed by atoms with Gasteiger partial charge in [-0.2, -0.15) is 0 Å². The van der Waals surface area contributed by atoms with Crippen LogP contribution in [0.5, 0.6) is 0 Å². The van der Waals surface area contributed by atoms with Gasteiger partial charge in [-0.15, -0.1) is 0 Å². The number of hydrogen-bond acceptors (Lipinski definition) is 4. The summed E-state index contributed by atoms with van der Waals surface area (Å²) in [4.78, 5) is 19.8. The summed E-state index contributed by atoms with van der Waals surface area (Å²) in [5, 5.41) is 10.9. The number of allylic oxidation sites excluding steroid dienone is 9. The van der Waals surface area contributed by atoms with Gasteiger partial charge in [-0.3, -0.25) is 4.99 Å². The summed E-state index contributed by atoms with van der Waals surface area (Å²) in [7, 11) is 1.84. The van der Waals surface area contributed by atoms with Crippen molar-refractivity contribution < 1.29 is 14.6 Å². The second-order valence-corrected chi connectivity index (χ2v) is 14.2. The lowest BCUT2D eigenvalue weighted by Gasteiger charge is -2.31. The smallest absolute Gasteiger partial charge is 0.410 e. The van der Waals surface area contributed by atoms with Gasteiger partial charge in [-0.25, -0.2) is 4.79 Å². The highest BCUT2D eigenvalue weighted by molar-refractivity contribution is 6.30. The van der Waals surface area contributed by atoms with Crippen molar-refractivity contribution in [1.29, 1.82) is 0 Å². The number of carbonyl (C=O) groups excluding carboxylic acids is 1. The zero-order chi connectivity index (χ0) is 32.6. The number of rotatable bonds is 10. The number of aliphatic hydroxyl groups excluding tert-OH is 1. The van der Waals surface area contributed by atoms with Gasteiger partial charge in [-0.05, 0) is 130 Å². The van der Waals surface area contributed by atoms with Crippen LogP contribution in [0, 0.1) is 17.8 Å². The fraction of sp³-hybridized carbons (Fsp3) is 0.526. The predicted molar refractivity (Wildman–Crippen MR) is 186 cm³/mol. The van der Waals surface area contributed by atoms with E-state index in [1.54, 1.807) is 0 Å². The average Bonchev–Trinajstić information content (AvgIpc) is 3.20. The number of aliphatic hydroxyl groups is 1. The van der Waals surface area contributed by atoms with Crippen LogP contribution in [0.25, 0.3) is 5.57 Å². The zero-order valence-corrected chi connectivity index (χ0v) is 28.9. The van der Waals surface area contributed by atoms with Crippen molar-refractivity contribution in [3.63, 3.8) is 0 Å². The van der Waals surface area contributed by atoms with E-state index in [1.807, 2.05) is 50.9 Å². The first-order chi connectivity index (χ1) is 20.7. The Kier molecular flexibility index (Phi) is 12.9. The van der Waals surface area contributed by atoms with Gasteiger partial charge in [0.05, 0.1) is 5.71 Å². The molecule has 0 bridgehead atoms. The van der Waals surface area contributed by atoms with Crippen molar-refractivity contribution in [2.24, 2.45) is 22.7 Å². The summed E-state index contributed by atoms with van der Waals surface area (Å²) in [6, 6.07) is 7.93. The lowest BCUT2D eigenvalue weighted by molar-refractivity contribution is 0.0221. The standard InChI is InChI=1S/C38H53ClN2O3/c1-25(2)23-41(37(43)44-38(6,7)8)18-17-27(5)35(26(3)4)36-33(30-14-11-10-13-28(19-30)24-42)21-31(22-34(36)40-9)29-15-12-16-32(39)20-29/h12,14-16,20-22,25,27-28,42H,3,10-11,13,17-19,23-24H2,1-2,4-9H3/b36-35+,40-34?/t27?,28-/m0/s1. The molecule has 1 amide bonds. The average molecular weight is 621 g/mol. The molecular weight excluding hydrogens is 568 g/mol. The second-order valence-electron chi connectivity index (χ2n) is 13.8. The van der Waals surface area contributed by atoms with Crippen LogP contribution in [0.4, 0.5) is 4.79 Å². The van der Waals surface area contributed by atoms with E-state index in [0.29, 0.717) is 24.0 Å². The van der Waals surface area contributed by atoms with E-state index >= 15 is 0 Å². The van der Waals surface area contributed by atoms with Gasteiger partial charge in [0.25, 0.3) is 0 Å². The molecule has 1 aromatic rings. The first-order valence-corrected chi connectivity index (χ1v) is 16.5. The molecule has 2 aliphatic carbocycles. The van der Waals surface area contributed by atoms with Crippen LogP contribution in [-0.2, 0) is 4.74 Å². The number of halogens is 1. The number of hydrogen-bond donors (Lipinski definition) is 1. The van der Waals surface area contributed by atoms with Crippen molar-refractivity contribution in [3.8, 4) is 0 Å². The number of benzene rings is 1. The van der Waals surface area contributed by atoms with Gasteiger partial charge in [0, 0.05) is 37.3 Å². The Labute approximate surface area is 271 Å². The second kappa shape index (κ2) is 15.9. The summed E-state index contributed by atoms with van der Waals surface area (Å²) >= 11 is 6.42. The molecule has 2 aliphatic rings. The van der Waals surface area contributed by atoms with E-state index in [4.69, 9.17) is 21.3 Å². The van der Waals surface area contributed by atoms with Crippen LogP contribution in [0.2, 0.25) is 5.02 Å². The molecule has 6 heteroatoms. The van der Waals surface area contributed by atoms with E-state index in [0.717, 1.165) is 71.2 Å². The lowest BCUT2D eigenvalue weighted by Crippen LogP contribution is -2.40. The number of aliphatic imine (C=N–C) groups is 1. The summed E-state index contributed by atoms with van der Waals surface area (Å²) in [5.41, 5.74) is 8.05. The topological polar surface area (TPSA) is 62.1 Å². The Morgan fingerprint density at radius 1 is 1.23 bits per heavy atom. The van der Waals surface area contributed by atoms with Crippen LogP contribution in [0.15, 0.2) is 81.9 Å². The van der Waals surface area contributed by atoms with Crippen molar-refractivity contribution >= 4 is 29.0 Å². The molecule has 240 valence electrons. The predicted octanol–water partition coefficient (Wildman–Crippen LogP) is 9.64. The van der Waals surface area contributed by atoms with Crippen LogP contribution in [-0.4, -0.2) is 54.2 Å². The number of amides is 1. The fourth-order valence-corrected chi connectivity index (χ4v) is 6.32. The highest BCUT2D eigenvalue weighted by Gasteiger charge is 2.29. The van der Waals surface area contributed by atoms with Gasteiger partial charge >= 0.3 is 6.09 Å². The van der Waals surface area contributed by atoms with Crippen LogP contribution in [0.3, 0.4) is 0 Å². The molecule has 1 unspecified atom stereocenters. The normalized spacial score (nSPS) is 20.4. The number of ether oxygens (including phenoxy) is 1. The lowest BCUT2D eigenvalue weighted by atomic mass is 9.76. The van der Waals surface area contributed by atoms with Crippen molar-refractivity contribution in [1.82, 2.24) is 4.90 Å². The highest BCUT2D eigenvalue weighted by atomic mass is 35.5. The Morgan fingerprint density at radius 3 is 2.55 bits per heavy atom. The molecule has 1 aromatic carbocycles. The van der Waals surface area contributed by atoms with E-state index < -0.39 is 5.60 Å². The third-order valence-corrected chi connectivity index (χ3v) is 8.36. The summed E-state index contributed by atoms with van der Waals surface area (Å²) in [5.74, 6) is 0.638. The summed E-state index contributed by atoms with van der Waals surface area (Å²) < 4.78 is 5.77. The number of carbonyl (C=O) groups is 1. The van der Waals surface area contributed by atoms with E-state index in [2.05, 4.69) is 58.6 Å². The summed E-state index contributed by atoms with van der Waals surface area (Å²) in [6.07, 6.45) is 11.1. The van der Waals surface area contributed by atoms with Gasteiger partial charge in [0.2, 0.25) is 0 Å². The van der Waals surface area contributed by atoms with Gasteiger partial charge < -0.3 is 14.7 Å². The van der Waals surface area contributed by atoms with Gasteiger partial charge in [-0.1, -0.05) is 62.7 Å². The minimum atomic E-state index is -0.553. The quantitative estimate of drug-likeness (QED) is 0.283. The minimum absolute atomic E-state index is 0.0980. The van der Waals surface area contributed by atoms with Crippen LogP contribution in [0.1, 0.15) is 86.1 Å². The van der Waals surface area contributed by atoms with E-state index in [9.17, 15) is 9.90 Å². The van der Waals surface area contributed by atoms with Crippen molar-refractivity contribution in [2.45, 2.75) is 86.2 Å². The maximum Gasteiger partial charge on any atom is 0.410 e. The van der Waals surface area contributed by atoms with E-state index in [1.165, 1.54) is 5.57 Å². The molecule has 1 N–H and O–H groups in total. The maximum absolute atomic E-state index is 13.2. The molecular formula is C38H53ClN2O3. The molecule has 2 atom stereocenters. The monoisotopic (exact) mass is 620 g/mol. The van der Waals surface area contributed by atoms with Crippen LogP contribution < -0.4 is 0 Å². The first-order valence-electron chi connectivity index (χ1n) is 16.1. The van der Waals surface area contributed by atoms with Gasteiger partial charge in [0.15, 0.2) is 0 Å². The molecule has 0 fully saturated rings. The SMILES string of the molecule is C=C(C)/C(=C1/C(C2=CCCC[C@H](CO)C2)=CC(c2cccc(Cl)c2)=CC1=NC)C(C)CCN(CC(C)C)C(=O)OC(C)(C)C. The third-order valence-electron chi connectivity index (χ3n) is 8.13. The van der Waals surface area contributed by atoms with E-state index in [-0.39, 0.29) is 24.5 Å². The zero-order valence-electron chi connectivity index (χ0n) is 28.2. The Hall–Kier alpha value is -2.89. The van der Waals surface area contributed by atoms with Crippen LogP contribution >= 0.6 is 11.6 Å². The largest absolute Gasteiger partial charge is 0.444 e. The minimum Gasteiger partial charge on any atom is -0.444 e. The molecule has 0 saturated carbocycles. The molecule has 3 rings (SSSR count). The fourth-order valence-electron chi connectivity index (χ4n) is 6.13.